The third kappa shape index (κ3) is 2.24. The Morgan fingerprint density at radius 1 is 1.00 bits per heavy atom. The molecule has 3 rings (SSSR count). The van der Waals surface area contributed by atoms with Gasteiger partial charge in [0, 0.05) is 17.5 Å². The Labute approximate surface area is 119 Å². The van der Waals surface area contributed by atoms with E-state index in [1.165, 1.54) is 19.3 Å². The second-order valence-electron chi connectivity index (χ2n) is 6.08. The zero-order valence-electron chi connectivity index (χ0n) is 11.9. The van der Waals surface area contributed by atoms with Gasteiger partial charge in [0.15, 0.2) is 0 Å². The van der Waals surface area contributed by atoms with Gasteiger partial charge in [-0.1, -0.05) is 56.5 Å². The zero-order chi connectivity index (χ0) is 14.1. The molecule has 1 aliphatic rings. The highest BCUT2D eigenvalue weighted by atomic mass is 16.2. The Morgan fingerprint density at radius 3 is 2.40 bits per heavy atom. The highest BCUT2D eigenvalue weighted by Gasteiger charge is 2.32. The monoisotopic (exact) mass is 268 g/mol. The van der Waals surface area contributed by atoms with Crippen LogP contribution >= 0.6 is 0 Å². The van der Waals surface area contributed by atoms with E-state index < -0.39 is 0 Å². The molecule has 2 heteroatoms. The Kier molecular flexibility index (Phi) is 3.56. The van der Waals surface area contributed by atoms with Crippen LogP contribution < -0.4 is 10.9 Å². The van der Waals surface area contributed by atoms with Gasteiger partial charge >= 0.3 is 0 Å². The van der Waals surface area contributed by atoms with Gasteiger partial charge < -0.3 is 0 Å². The molecule has 0 aliphatic heterocycles. The van der Waals surface area contributed by atoms with E-state index in [9.17, 15) is 9.59 Å². The molecule has 20 heavy (non-hydrogen) atoms. The fourth-order valence-corrected chi connectivity index (χ4v) is 3.57. The number of hydrogen-bond donors (Lipinski definition) is 0. The van der Waals surface area contributed by atoms with Gasteiger partial charge in [-0.25, -0.2) is 0 Å². The average molecular weight is 268 g/mol. The van der Waals surface area contributed by atoms with E-state index in [1.54, 1.807) is 0 Å². The molecule has 0 heterocycles. The Bertz CT molecular complexity index is 662. The third-order valence-corrected chi connectivity index (χ3v) is 4.76. The highest BCUT2D eigenvalue weighted by molar-refractivity contribution is 5.40. The van der Waals surface area contributed by atoms with E-state index in [0.717, 1.165) is 23.1 Å². The molecule has 0 saturated heterocycles. The van der Waals surface area contributed by atoms with Crippen LogP contribution in [-0.4, -0.2) is 0 Å². The van der Waals surface area contributed by atoms with Crippen molar-refractivity contribution in [2.45, 2.75) is 44.9 Å². The highest BCUT2D eigenvalue weighted by Crippen LogP contribution is 2.37. The van der Waals surface area contributed by atoms with Crippen LogP contribution in [0.1, 0.15) is 55.2 Å². The van der Waals surface area contributed by atoms with Crippen LogP contribution in [0, 0.1) is 5.92 Å². The molecule has 2 atom stereocenters. The summed E-state index contributed by atoms with van der Waals surface area (Å²) in [7, 11) is 0. The lowest BCUT2D eigenvalue weighted by molar-refractivity contribution is 0.326. The first-order valence-electron chi connectivity index (χ1n) is 7.54. The predicted octanol–water partition coefficient (Wildman–Crippen LogP) is 3.17. The Hall–Kier alpha value is -1.70. The zero-order valence-corrected chi connectivity index (χ0v) is 11.9. The minimum atomic E-state index is -0.248. The molecule has 2 nitrogen and oxygen atoms in total. The van der Waals surface area contributed by atoms with Crippen LogP contribution in [0.15, 0.2) is 39.9 Å². The summed E-state index contributed by atoms with van der Waals surface area (Å²) in [6.07, 6.45) is 5.28. The predicted molar refractivity (Wildman–Crippen MR) is 81.0 cm³/mol. The summed E-state index contributed by atoms with van der Waals surface area (Å²) >= 11 is 0. The molecule has 0 radical (unpaired) electrons. The van der Waals surface area contributed by atoms with Crippen molar-refractivity contribution in [3.8, 4) is 0 Å². The van der Waals surface area contributed by atoms with Crippen molar-refractivity contribution >= 4 is 0 Å². The summed E-state index contributed by atoms with van der Waals surface area (Å²) in [4.78, 5) is 23.9. The molecule has 0 aromatic heterocycles. The van der Waals surface area contributed by atoms with Crippen LogP contribution in [0.25, 0.3) is 0 Å². The summed E-state index contributed by atoms with van der Waals surface area (Å²) in [5, 5.41) is 0. The van der Waals surface area contributed by atoms with E-state index in [2.05, 4.69) is 6.92 Å². The van der Waals surface area contributed by atoms with Crippen molar-refractivity contribution < 1.29 is 0 Å². The molecule has 2 aromatic carbocycles. The molecular weight excluding hydrogens is 248 g/mol. The van der Waals surface area contributed by atoms with E-state index >= 15 is 0 Å². The van der Waals surface area contributed by atoms with E-state index in [4.69, 9.17) is 0 Å². The summed E-state index contributed by atoms with van der Waals surface area (Å²) in [5.41, 5.74) is 2.28. The molecule has 0 amide bonds. The van der Waals surface area contributed by atoms with E-state index in [1.807, 2.05) is 30.3 Å². The topological polar surface area (TPSA) is 34.1 Å². The number of hydrogen-bond acceptors (Lipinski definition) is 2. The lowest BCUT2D eigenvalue weighted by Gasteiger charge is -2.31. The van der Waals surface area contributed by atoms with Gasteiger partial charge in [0.25, 0.3) is 0 Å². The molecule has 1 saturated carbocycles. The first-order chi connectivity index (χ1) is 9.68. The van der Waals surface area contributed by atoms with Gasteiger partial charge in [0.1, 0.15) is 0 Å². The van der Waals surface area contributed by atoms with Crippen LogP contribution in [0.2, 0.25) is 0 Å². The Morgan fingerprint density at radius 2 is 1.70 bits per heavy atom. The fourth-order valence-electron chi connectivity index (χ4n) is 3.57. The van der Waals surface area contributed by atoms with E-state index in [0.29, 0.717) is 18.3 Å². The first kappa shape index (κ1) is 13.3. The smallest absolute Gasteiger partial charge is 0.229 e. The van der Waals surface area contributed by atoms with Gasteiger partial charge in [0.2, 0.25) is 10.9 Å². The number of rotatable bonds is 3. The average Bonchev–Trinajstić information content (AvgIpc) is 2.49. The maximum Gasteiger partial charge on any atom is 0.229 e. The normalized spacial score (nSPS) is 23.1. The maximum absolute atomic E-state index is 12.0. The van der Waals surface area contributed by atoms with E-state index in [-0.39, 0.29) is 10.9 Å². The molecule has 0 N–H and O–H groups in total. The standard InChI is InChI=1S/C18H20O2/c1-12-7-5-6-10-14(12)16-15(17(19)18(16)20)11-13-8-3-2-4-9-13/h2-4,8-9,12,14H,5-7,10-11H2,1H3. The van der Waals surface area contributed by atoms with Crippen molar-refractivity contribution in [3.05, 3.63) is 67.5 Å². The Balaban J connectivity index is 1.91. The molecular formula is C18H20O2. The lowest BCUT2D eigenvalue weighted by Crippen LogP contribution is -2.43. The fraction of sp³-hybridized carbons (Fsp3) is 0.444. The number of benzene rings is 1. The second kappa shape index (κ2) is 5.35. The van der Waals surface area contributed by atoms with Gasteiger partial charge in [-0.15, -0.1) is 0 Å². The summed E-state index contributed by atoms with van der Waals surface area (Å²) < 4.78 is 0. The van der Waals surface area contributed by atoms with Gasteiger partial charge in [0.05, 0.1) is 0 Å². The molecule has 2 aromatic rings. The van der Waals surface area contributed by atoms with Crippen molar-refractivity contribution in [1.29, 1.82) is 0 Å². The van der Waals surface area contributed by atoms with Crippen molar-refractivity contribution in [2.24, 2.45) is 5.92 Å². The minimum Gasteiger partial charge on any atom is -0.285 e. The van der Waals surface area contributed by atoms with Crippen molar-refractivity contribution in [2.75, 3.05) is 0 Å². The maximum atomic E-state index is 12.0. The summed E-state index contributed by atoms with van der Waals surface area (Å²) in [6, 6.07) is 9.96. The molecule has 104 valence electrons. The summed E-state index contributed by atoms with van der Waals surface area (Å²) in [5.74, 6) is 0.842. The van der Waals surface area contributed by atoms with Crippen molar-refractivity contribution in [1.82, 2.24) is 0 Å². The van der Waals surface area contributed by atoms with Crippen LogP contribution in [0.4, 0.5) is 0 Å². The van der Waals surface area contributed by atoms with Crippen LogP contribution in [0.5, 0.6) is 0 Å². The molecule has 1 fully saturated rings. The third-order valence-electron chi connectivity index (χ3n) is 4.76. The largest absolute Gasteiger partial charge is 0.285 e. The quantitative estimate of drug-likeness (QED) is 0.801. The molecule has 0 bridgehead atoms. The SMILES string of the molecule is CC1CCCCC1c1c(Cc2ccccc2)c(=O)c1=O. The van der Waals surface area contributed by atoms with Crippen LogP contribution in [-0.2, 0) is 6.42 Å². The summed E-state index contributed by atoms with van der Waals surface area (Å²) in [6.45, 7) is 2.22. The van der Waals surface area contributed by atoms with Crippen LogP contribution in [0.3, 0.4) is 0 Å². The van der Waals surface area contributed by atoms with Crippen molar-refractivity contribution in [3.63, 3.8) is 0 Å². The van der Waals surface area contributed by atoms with Gasteiger partial charge in [-0.05, 0) is 23.8 Å². The van der Waals surface area contributed by atoms with Gasteiger partial charge in [-0.2, -0.15) is 0 Å². The van der Waals surface area contributed by atoms with Gasteiger partial charge in [-0.3, -0.25) is 9.59 Å². The molecule has 1 aliphatic carbocycles. The molecule has 0 spiro atoms. The minimum absolute atomic E-state index is 0.213. The molecule has 2 unspecified atom stereocenters. The first-order valence-corrected chi connectivity index (χ1v) is 7.54. The second-order valence-corrected chi connectivity index (χ2v) is 6.08. The lowest BCUT2D eigenvalue weighted by atomic mass is 9.72.